The molecule has 1 atom stereocenters. The molecule has 0 aliphatic carbocycles. The first-order valence-corrected chi connectivity index (χ1v) is 9.97. The average Bonchev–Trinajstić information content (AvgIpc) is 3.26. The molecule has 1 unspecified atom stereocenters. The minimum Gasteiger partial charge on any atom is -0.299 e. The van der Waals surface area contributed by atoms with Crippen LogP contribution >= 0.6 is 11.3 Å². The summed E-state index contributed by atoms with van der Waals surface area (Å²) in [4.78, 5) is 38.0. The fourth-order valence-electron chi connectivity index (χ4n) is 3.23. The summed E-state index contributed by atoms with van der Waals surface area (Å²) >= 11 is 1.29. The fraction of sp³-hybridized carbons (Fsp3) is 0.190. The number of nitrogens with zero attached hydrogens (tertiary/aromatic N) is 3. The van der Waals surface area contributed by atoms with Crippen LogP contribution < -0.4 is 5.32 Å². The minimum atomic E-state index is -0.488. The van der Waals surface area contributed by atoms with Crippen molar-refractivity contribution >= 4 is 34.2 Å². The van der Waals surface area contributed by atoms with Gasteiger partial charge in [0.1, 0.15) is 11.6 Å². The molecule has 0 radical (unpaired) electrons. The van der Waals surface area contributed by atoms with Crippen LogP contribution in [0.25, 0.3) is 0 Å². The number of rotatable bonds is 6. The van der Waals surface area contributed by atoms with Gasteiger partial charge in [-0.2, -0.15) is 0 Å². The first-order valence-electron chi connectivity index (χ1n) is 9.15. The van der Waals surface area contributed by atoms with Crippen molar-refractivity contribution in [2.24, 2.45) is 0 Å². The zero-order valence-electron chi connectivity index (χ0n) is 15.7. The van der Waals surface area contributed by atoms with E-state index >= 15 is 0 Å². The van der Waals surface area contributed by atoms with E-state index in [2.05, 4.69) is 34.6 Å². The summed E-state index contributed by atoms with van der Waals surface area (Å²) in [6.45, 7) is 1.75. The van der Waals surface area contributed by atoms with Gasteiger partial charge in [0.05, 0.1) is 11.1 Å². The largest absolute Gasteiger partial charge is 0.299 e. The van der Waals surface area contributed by atoms with Crippen molar-refractivity contribution < 1.29 is 14.4 Å². The van der Waals surface area contributed by atoms with Crippen molar-refractivity contribution in [3.63, 3.8) is 0 Å². The van der Waals surface area contributed by atoms with E-state index in [0.29, 0.717) is 22.7 Å². The lowest BCUT2D eigenvalue weighted by Gasteiger charge is -2.12. The highest BCUT2D eigenvalue weighted by atomic mass is 32.1. The predicted molar refractivity (Wildman–Crippen MR) is 109 cm³/mol. The van der Waals surface area contributed by atoms with Crippen molar-refractivity contribution in [2.45, 2.75) is 19.3 Å². The molecule has 7 nitrogen and oxygen atoms in total. The monoisotopic (exact) mass is 406 g/mol. The zero-order chi connectivity index (χ0) is 20.4. The molecular weight excluding hydrogens is 388 g/mol. The lowest BCUT2D eigenvalue weighted by molar-refractivity contribution is -0.116. The first-order chi connectivity index (χ1) is 14.0. The van der Waals surface area contributed by atoms with Crippen LogP contribution in [-0.2, 0) is 11.2 Å². The van der Waals surface area contributed by atoms with E-state index in [4.69, 9.17) is 0 Å². The van der Waals surface area contributed by atoms with Crippen LogP contribution in [0.3, 0.4) is 0 Å². The second-order valence-electron chi connectivity index (χ2n) is 6.81. The summed E-state index contributed by atoms with van der Waals surface area (Å²) in [6.07, 6.45) is 0.704. The third-order valence-electron chi connectivity index (χ3n) is 4.74. The summed E-state index contributed by atoms with van der Waals surface area (Å²) in [7, 11) is 0. The lowest BCUT2D eigenvalue weighted by atomic mass is 9.98. The number of fused-ring (bicyclic) bond motifs is 1. The van der Waals surface area contributed by atoms with Crippen LogP contribution in [0.15, 0.2) is 54.6 Å². The smallest absolute Gasteiger partial charge is 0.262 e. The van der Waals surface area contributed by atoms with Crippen molar-refractivity contribution in [2.75, 3.05) is 11.9 Å². The van der Waals surface area contributed by atoms with Gasteiger partial charge in [-0.1, -0.05) is 60.7 Å². The number of nitrogens with one attached hydrogen (secondary N) is 1. The zero-order valence-corrected chi connectivity index (χ0v) is 16.5. The Labute approximate surface area is 171 Å². The molecule has 1 aliphatic heterocycles. The molecule has 8 heteroatoms. The van der Waals surface area contributed by atoms with Gasteiger partial charge in [-0.05, 0) is 23.6 Å². The van der Waals surface area contributed by atoms with Crippen LogP contribution in [0.4, 0.5) is 5.13 Å². The van der Waals surface area contributed by atoms with Gasteiger partial charge < -0.3 is 0 Å². The van der Waals surface area contributed by atoms with Gasteiger partial charge in [0.15, 0.2) is 0 Å². The van der Waals surface area contributed by atoms with Gasteiger partial charge in [0.2, 0.25) is 11.0 Å². The molecule has 0 spiro atoms. The van der Waals surface area contributed by atoms with Crippen LogP contribution in [0.2, 0.25) is 0 Å². The molecule has 1 N–H and O–H groups in total. The normalized spacial score (nSPS) is 14.0. The second kappa shape index (κ2) is 7.92. The summed E-state index contributed by atoms with van der Waals surface area (Å²) in [5.41, 5.74) is 1.84. The van der Waals surface area contributed by atoms with Crippen molar-refractivity contribution in [1.29, 1.82) is 0 Å². The van der Waals surface area contributed by atoms with Gasteiger partial charge in [0.25, 0.3) is 11.8 Å². The molecule has 1 aliphatic rings. The average molecular weight is 406 g/mol. The van der Waals surface area contributed by atoms with E-state index in [0.717, 1.165) is 9.91 Å². The third-order valence-corrected chi connectivity index (χ3v) is 5.60. The number of benzene rings is 2. The lowest BCUT2D eigenvalue weighted by Crippen LogP contribution is -2.37. The number of imide groups is 1. The molecule has 0 fully saturated rings. The summed E-state index contributed by atoms with van der Waals surface area (Å²) in [6, 6.07) is 16.6. The molecule has 4 rings (SSSR count). The van der Waals surface area contributed by atoms with Crippen molar-refractivity contribution in [1.82, 2.24) is 15.1 Å². The molecule has 3 aromatic rings. The number of carbonyl (C=O) groups is 3. The highest BCUT2D eigenvalue weighted by Crippen LogP contribution is 2.25. The maximum absolute atomic E-state index is 12.4. The van der Waals surface area contributed by atoms with E-state index in [9.17, 15) is 14.4 Å². The number of aromatic nitrogens is 2. The van der Waals surface area contributed by atoms with E-state index < -0.39 is 17.7 Å². The van der Waals surface area contributed by atoms with Gasteiger partial charge in [0, 0.05) is 6.42 Å². The Hall–Kier alpha value is -3.39. The molecule has 0 saturated heterocycles. The molecule has 0 saturated carbocycles. The topological polar surface area (TPSA) is 92.3 Å². The van der Waals surface area contributed by atoms with E-state index in [-0.39, 0.29) is 12.5 Å². The van der Waals surface area contributed by atoms with Crippen molar-refractivity contribution in [3.8, 4) is 0 Å². The molecule has 0 bridgehead atoms. The van der Waals surface area contributed by atoms with Gasteiger partial charge in [-0.15, -0.1) is 10.2 Å². The van der Waals surface area contributed by atoms with Gasteiger partial charge in [-0.3, -0.25) is 24.6 Å². The third kappa shape index (κ3) is 3.93. The molecule has 146 valence electrons. The first kappa shape index (κ1) is 18.9. The van der Waals surface area contributed by atoms with Crippen LogP contribution in [0, 0.1) is 0 Å². The highest BCUT2D eigenvalue weighted by Gasteiger charge is 2.36. The maximum atomic E-state index is 12.4. The predicted octanol–water partition coefficient (Wildman–Crippen LogP) is 3.12. The van der Waals surface area contributed by atoms with E-state index in [1.54, 1.807) is 24.3 Å². The van der Waals surface area contributed by atoms with Crippen molar-refractivity contribution in [3.05, 3.63) is 76.3 Å². The van der Waals surface area contributed by atoms with E-state index in [1.807, 2.05) is 18.2 Å². The summed E-state index contributed by atoms with van der Waals surface area (Å²) in [5, 5.41) is 11.9. The SMILES string of the molecule is CC(Cc1nnc(NC(=O)CN2C(=O)c3ccccc3C2=O)s1)c1ccccc1. The Kier molecular flexibility index (Phi) is 5.18. The number of carbonyl (C=O) groups excluding carboxylic acids is 3. The number of amides is 3. The number of hydrogen-bond donors (Lipinski definition) is 1. The highest BCUT2D eigenvalue weighted by molar-refractivity contribution is 7.15. The number of anilines is 1. The maximum Gasteiger partial charge on any atom is 0.262 e. The van der Waals surface area contributed by atoms with Crippen LogP contribution in [0.5, 0.6) is 0 Å². The molecule has 29 heavy (non-hydrogen) atoms. The number of hydrogen-bond acceptors (Lipinski definition) is 6. The Bertz CT molecular complexity index is 1050. The van der Waals surface area contributed by atoms with E-state index in [1.165, 1.54) is 16.9 Å². The Morgan fingerprint density at radius 1 is 1.00 bits per heavy atom. The summed E-state index contributed by atoms with van der Waals surface area (Å²) in [5.74, 6) is -1.14. The fourth-order valence-corrected chi connectivity index (χ4v) is 4.12. The standard InChI is InChI=1S/C21H18N4O3S/c1-13(14-7-3-2-4-8-14)11-18-23-24-21(29-18)22-17(26)12-25-19(27)15-9-5-6-10-16(15)20(25)28/h2-10,13H,11-12H2,1H3,(H,22,24,26). The van der Waals surface area contributed by atoms with Gasteiger partial charge in [-0.25, -0.2) is 0 Å². The Balaban J connectivity index is 1.36. The summed E-state index contributed by atoms with van der Waals surface area (Å²) < 4.78 is 0. The van der Waals surface area contributed by atoms with Crippen LogP contribution in [-0.4, -0.2) is 39.4 Å². The molecule has 1 aromatic heterocycles. The minimum absolute atomic E-state index is 0.269. The Morgan fingerprint density at radius 2 is 1.62 bits per heavy atom. The molecular formula is C21H18N4O3S. The molecule has 3 amide bonds. The molecule has 2 aromatic carbocycles. The second-order valence-corrected chi connectivity index (χ2v) is 7.87. The van der Waals surface area contributed by atoms with Crippen LogP contribution in [0.1, 0.15) is 44.1 Å². The van der Waals surface area contributed by atoms with Gasteiger partial charge >= 0.3 is 0 Å². The quantitative estimate of drug-likeness (QED) is 0.635. The Morgan fingerprint density at radius 3 is 2.28 bits per heavy atom. The molecule has 2 heterocycles.